The quantitative estimate of drug-likeness (QED) is 0.404. The average Bonchev–Trinajstić information content (AvgIpc) is 1.89. The van der Waals surface area contributed by atoms with Gasteiger partial charge >= 0.3 is 0 Å². The van der Waals surface area contributed by atoms with Crippen molar-refractivity contribution in [3.63, 3.8) is 0 Å². The van der Waals surface area contributed by atoms with Crippen LogP contribution in [0.3, 0.4) is 0 Å². The van der Waals surface area contributed by atoms with Crippen molar-refractivity contribution >= 4 is 23.2 Å². The lowest BCUT2D eigenvalue weighted by molar-refractivity contribution is -0.121. The molecule has 1 heterocycles. The van der Waals surface area contributed by atoms with Crippen LogP contribution in [0.4, 0.5) is 0 Å². The second-order valence-electron chi connectivity index (χ2n) is 2.05. The van der Waals surface area contributed by atoms with Crippen LogP contribution in [0, 0.1) is 5.92 Å². The summed E-state index contributed by atoms with van der Waals surface area (Å²) in [7, 11) is 0. The van der Waals surface area contributed by atoms with Gasteiger partial charge in [-0.15, -0.1) is 0 Å². The molecule has 1 aliphatic heterocycles. The Morgan fingerprint density at radius 1 is 1.67 bits per heavy atom. The number of carbonyl (C=O) groups is 2. The topological polar surface area (TPSA) is 34.1 Å². The van der Waals surface area contributed by atoms with Crippen molar-refractivity contribution in [2.24, 2.45) is 5.92 Å². The molecule has 50 valence electrons. The molecule has 0 aromatic carbocycles. The van der Waals surface area contributed by atoms with Gasteiger partial charge in [-0.05, 0) is 12.8 Å². The molecule has 2 nitrogen and oxygen atoms in total. The SMILES string of the molecule is O=CC1CCCSC1=O. The van der Waals surface area contributed by atoms with E-state index in [1.807, 2.05) is 0 Å². The van der Waals surface area contributed by atoms with Crippen LogP contribution >= 0.6 is 11.8 Å². The lowest BCUT2D eigenvalue weighted by Gasteiger charge is -2.12. The van der Waals surface area contributed by atoms with Crippen molar-refractivity contribution in [1.29, 1.82) is 0 Å². The number of carbonyl (C=O) groups excluding carboxylic acids is 2. The highest BCUT2D eigenvalue weighted by Crippen LogP contribution is 2.22. The van der Waals surface area contributed by atoms with E-state index in [0.29, 0.717) is 0 Å². The number of rotatable bonds is 1. The number of hydrogen-bond acceptors (Lipinski definition) is 3. The van der Waals surface area contributed by atoms with Crippen molar-refractivity contribution in [3.05, 3.63) is 0 Å². The Morgan fingerprint density at radius 2 is 2.44 bits per heavy atom. The molecule has 0 aliphatic carbocycles. The minimum atomic E-state index is -0.302. The summed E-state index contributed by atoms with van der Waals surface area (Å²) in [5.41, 5.74) is 0. The second-order valence-corrected chi connectivity index (χ2v) is 3.15. The molecule has 0 bridgehead atoms. The van der Waals surface area contributed by atoms with E-state index in [2.05, 4.69) is 0 Å². The van der Waals surface area contributed by atoms with Gasteiger partial charge in [0.1, 0.15) is 6.29 Å². The van der Waals surface area contributed by atoms with E-state index in [4.69, 9.17) is 0 Å². The van der Waals surface area contributed by atoms with Crippen LogP contribution in [0.15, 0.2) is 0 Å². The largest absolute Gasteiger partial charge is 0.303 e. The molecule has 1 saturated heterocycles. The molecule has 0 aromatic heterocycles. The Bertz CT molecular complexity index is 133. The monoisotopic (exact) mass is 144 g/mol. The average molecular weight is 144 g/mol. The molecule has 0 spiro atoms. The van der Waals surface area contributed by atoms with Crippen molar-refractivity contribution in [3.8, 4) is 0 Å². The summed E-state index contributed by atoms with van der Waals surface area (Å²) >= 11 is 1.28. The zero-order chi connectivity index (χ0) is 6.69. The van der Waals surface area contributed by atoms with Gasteiger partial charge in [0.15, 0.2) is 5.12 Å². The van der Waals surface area contributed by atoms with E-state index in [1.54, 1.807) is 0 Å². The molecule has 1 unspecified atom stereocenters. The summed E-state index contributed by atoms with van der Waals surface area (Å²) in [5, 5.41) is 0.0521. The highest BCUT2D eigenvalue weighted by molar-refractivity contribution is 8.13. The fourth-order valence-corrected chi connectivity index (χ4v) is 1.72. The lowest BCUT2D eigenvalue weighted by atomic mass is 10.1. The van der Waals surface area contributed by atoms with Crippen molar-refractivity contribution in [2.45, 2.75) is 12.8 Å². The maximum atomic E-state index is 10.8. The molecule has 1 atom stereocenters. The molecule has 3 heteroatoms. The number of aldehydes is 1. The van der Waals surface area contributed by atoms with Gasteiger partial charge in [-0.2, -0.15) is 0 Å². The van der Waals surface area contributed by atoms with Gasteiger partial charge in [-0.1, -0.05) is 11.8 Å². The Kier molecular flexibility index (Phi) is 2.28. The summed E-state index contributed by atoms with van der Waals surface area (Å²) < 4.78 is 0. The lowest BCUT2D eigenvalue weighted by Crippen LogP contribution is -2.17. The standard InChI is InChI=1S/C6H8O2S/c7-4-5-2-1-3-9-6(5)8/h4-5H,1-3H2. The Labute approximate surface area is 58.0 Å². The summed E-state index contributed by atoms with van der Waals surface area (Å²) in [6.07, 6.45) is 2.52. The van der Waals surface area contributed by atoms with Gasteiger partial charge in [-0.3, -0.25) is 4.79 Å². The Hall–Kier alpha value is -0.310. The Balaban J connectivity index is 2.48. The van der Waals surface area contributed by atoms with Gasteiger partial charge in [0, 0.05) is 5.75 Å². The molecule has 0 saturated carbocycles. The normalized spacial score (nSPS) is 28.0. The van der Waals surface area contributed by atoms with E-state index < -0.39 is 0 Å². The predicted octanol–water partition coefficient (Wildman–Crippen LogP) is 0.855. The van der Waals surface area contributed by atoms with Gasteiger partial charge in [0.05, 0.1) is 5.92 Å². The van der Waals surface area contributed by atoms with Crippen molar-refractivity contribution < 1.29 is 9.59 Å². The maximum absolute atomic E-state index is 10.8. The molecular formula is C6H8O2S. The van der Waals surface area contributed by atoms with Crippen LogP contribution in [-0.2, 0) is 9.59 Å². The van der Waals surface area contributed by atoms with Gasteiger partial charge in [0.25, 0.3) is 0 Å². The highest BCUT2D eigenvalue weighted by Gasteiger charge is 2.21. The third-order valence-electron chi connectivity index (χ3n) is 1.37. The van der Waals surface area contributed by atoms with Crippen LogP contribution in [0.25, 0.3) is 0 Å². The highest BCUT2D eigenvalue weighted by atomic mass is 32.2. The second kappa shape index (κ2) is 3.01. The molecule has 0 radical (unpaired) electrons. The molecule has 0 N–H and O–H groups in total. The molecule has 1 aliphatic rings. The van der Waals surface area contributed by atoms with Crippen molar-refractivity contribution in [2.75, 3.05) is 5.75 Å². The van der Waals surface area contributed by atoms with Crippen LogP contribution < -0.4 is 0 Å². The number of hydrogen-bond donors (Lipinski definition) is 0. The van der Waals surface area contributed by atoms with Crippen LogP contribution in [0.1, 0.15) is 12.8 Å². The van der Waals surface area contributed by atoms with E-state index in [9.17, 15) is 9.59 Å². The van der Waals surface area contributed by atoms with Gasteiger partial charge in [-0.25, -0.2) is 0 Å². The van der Waals surface area contributed by atoms with E-state index in [1.165, 1.54) is 11.8 Å². The fraction of sp³-hybridized carbons (Fsp3) is 0.667. The Morgan fingerprint density at radius 3 is 2.89 bits per heavy atom. The predicted molar refractivity (Wildman–Crippen MR) is 36.3 cm³/mol. The molecule has 0 amide bonds. The minimum absolute atomic E-state index is 0.0521. The molecule has 1 rings (SSSR count). The van der Waals surface area contributed by atoms with Gasteiger partial charge < -0.3 is 4.79 Å². The minimum Gasteiger partial charge on any atom is -0.303 e. The third-order valence-corrected chi connectivity index (χ3v) is 2.45. The molecular weight excluding hydrogens is 136 g/mol. The molecule has 1 fully saturated rings. The van der Waals surface area contributed by atoms with Gasteiger partial charge in [0.2, 0.25) is 0 Å². The summed E-state index contributed by atoms with van der Waals surface area (Å²) in [6, 6.07) is 0. The van der Waals surface area contributed by atoms with Crippen LogP contribution in [0.2, 0.25) is 0 Å². The van der Waals surface area contributed by atoms with E-state index >= 15 is 0 Å². The molecule has 0 aromatic rings. The zero-order valence-electron chi connectivity index (χ0n) is 5.00. The van der Waals surface area contributed by atoms with Crippen molar-refractivity contribution in [1.82, 2.24) is 0 Å². The first-order chi connectivity index (χ1) is 4.34. The fourth-order valence-electron chi connectivity index (χ4n) is 0.824. The smallest absolute Gasteiger partial charge is 0.199 e. The zero-order valence-corrected chi connectivity index (χ0v) is 5.82. The van der Waals surface area contributed by atoms with E-state index in [0.717, 1.165) is 24.9 Å². The maximum Gasteiger partial charge on any atom is 0.199 e. The molecule has 9 heavy (non-hydrogen) atoms. The summed E-state index contributed by atoms with van der Waals surface area (Å²) in [4.78, 5) is 20.9. The summed E-state index contributed by atoms with van der Waals surface area (Å²) in [5.74, 6) is 0.590. The van der Waals surface area contributed by atoms with E-state index in [-0.39, 0.29) is 11.0 Å². The first-order valence-electron chi connectivity index (χ1n) is 2.96. The number of thioether (sulfide) groups is 1. The first-order valence-corrected chi connectivity index (χ1v) is 3.95. The first kappa shape index (κ1) is 6.81. The van der Waals surface area contributed by atoms with Crippen LogP contribution in [-0.4, -0.2) is 17.2 Å². The van der Waals surface area contributed by atoms with Crippen LogP contribution in [0.5, 0.6) is 0 Å². The summed E-state index contributed by atoms with van der Waals surface area (Å²) in [6.45, 7) is 0. The third kappa shape index (κ3) is 1.55.